The van der Waals surface area contributed by atoms with Gasteiger partial charge in [0, 0.05) is 16.4 Å². The number of nitrogens with zero attached hydrogens (tertiary/aromatic N) is 2. The summed E-state index contributed by atoms with van der Waals surface area (Å²) in [6.45, 7) is 2.04. The summed E-state index contributed by atoms with van der Waals surface area (Å²) in [6.07, 6.45) is 0. The first-order chi connectivity index (χ1) is 8.10. The van der Waals surface area contributed by atoms with Crippen molar-refractivity contribution in [1.82, 2.24) is 9.78 Å². The highest BCUT2D eigenvalue weighted by molar-refractivity contribution is 9.10. The lowest BCUT2D eigenvalue weighted by Gasteiger charge is -2.06. The fraction of sp³-hybridized carbons (Fsp3) is 0.250. The Morgan fingerprint density at radius 2 is 2.18 bits per heavy atom. The molecule has 0 atom stereocenters. The maximum atomic E-state index is 9.05. The van der Waals surface area contributed by atoms with E-state index in [0.717, 1.165) is 25.7 Å². The minimum Gasteiger partial charge on any atom is -0.392 e. The number of hydrogen-bond donors (Lipinski definition) is 1. The van der Waals surface area contributed by atoms with E-state index >= 15 is 0 Å². The van der Waals surface area contributed by atoms with Crippen LogP contribution in [0.2, 0.25) is 0 Å². The molecule has 0 radical (unpaired) electrons. The Labute approximate surface area is 113 Å². The monoisotopic (exact) mass is 312 g/mol. The summed E-state index contributed by atoms with van der Waals surface area (Å²) in [5.74, 6) is 0. The van der Waals surface area contributed by atoms with Crippen molar-refractivity contribution in [3.8, 4) is 0 Å². The maximum Gasteiger partial charge on any atom is 0.0987 e. The number of halogens is 1. The molecule has 3 nitrogen and oxygen atoms in total. The van der Waals surface area contributed by atoms with Gasteiger partial charge in [-0.25, -0.2) is 0 Å². The molecule has 1 aromatic carbocycles. The summed E-state index contributed by atoms with van der Waals surface area (Å²) in [7, 11) is 1.94. The second-order valence-corrected chi connectivity index (χ2v) is 5.69. The van der Waals surface area contributed by atoms with Crippen molar-refractivity contribution in [1.29, 1.82) is 0 Å². The summed E-state index contributed by atoms with van der Waals surface area (Å²) in [6, 6.07) is 7.92. The predicted octanol–water partition coefficient (Wildman–Crippen LogP) is 3.13. The van der Waals surface area contributed by atoms with E-state index in [0.29, 0.717) is 0 Å². The molecule has 0 amide bonds. The van der Waals surface area contributed by atoms with E-state index in [1.165, 1.54) is 0 Å². The minimum atomic E-state index is 0.0639. The van der Waals surface area contributed by atoms with Crippen molar-refractivity contribution in [2.24, 2.45) is 7.05 Å². The normalized spacial score (nSPS) is 10.8. The second kappa shape index (κ2) is 5.25. The molecule has 0 bridgehead atoms. The van der Waals surface area contributed by atoms with Crippen LogP contribution in [0.5, 0.6) is 0 Å². The van der Waals surface area contributed by atoms with Crippen LogP contribution in [0, 0.1) is 6.92 Å². The Kier molecular flexibility index (Phi) is 3.91. The average molecular weight is 313 g/mol. The summed E-state index contributed by atoms with van der Waals surface area (Å²) in [4.78, 5) is 1.12. The fourth-order valence-electron chi connectivity index (χ4n) is 1.52. The lowest BCUT2D eigenvalue weighted by Crippen LogP contribution is -1.92. The topological polar surface area (TPSA) is 38.0 Å². The van der Waals surface area contributed by atoms with Crippen molar-refractivity contribution in [2.75, 3.05) is 0 Å². The highest BCUT2D eigenvalue weighted by Crippen LogP contribution is 2.34. The first kappa shape index (κ1) is 12.7. The first-order valence-electron chi connectivity index (χ1n) is 5.18. The summed E-state index contributed by atoms with van der Waals surface area (Å²) in [5, 5.41) is 14.5. The van der Waals surface area contributed by atoms with Crippen molar-refractivity contribution in [2.45, 2.75) is 23.5 Å². The molecule has 0 aliphatic heterocycles. The van der Waals surface area contributed by atoms with E-state index in [1.54, 1.807) is 11.8 Å². The van der Waals surface area contributed by atoms with Crippen LogP contribution in [0.15, 0.2) is 38.7 Å². The van der Waals surface area contributed by atoms with Crippen LogP contribution in [0.4, 0.5) is 0 Å². The summed E-state index contributed by atoms with van der Waals surface area (Å²) >= 11 is 5.17. The van der Waals surface area contributed by atoms with E-state index in [1.807, 2.05) is 36.9 Å². The fourth-order valence-corrected chi connectivity index (χ4v) is 3.11. The minimum absolute atomic E-state index is 0.0639. The SMILES string of the molecule is Cc1cc(Sc2ccc(CO)cc2Br)n(C)n1. The van der Waals surface area contributed by atoms with Crippen LogP contribution in [0.25, 0.3) is 0 Å². The largest absolute Gasteiger partial charge is 0.392 e. The Balaban J connectivity index is 2.27. The molecule has 2 aromatic rings. The molecule has 1 N–H and O–H groups in total. The zero-order valence-electron chi connectivity index (χ0n) is 9.64. The van der Waals surface area contributed by atoms with Gasteiger partial charge in [-0.05, 0) is 46.6 Å². The van der Waals surface area contributed by atoms with E-state index in [2.05, 4.69) is 27.1 Å². The molecular weight excluding hydrogens is 300 g/mol. The molecule has 1 heterocycles. The molecule has 0 aliphatic carbocycles. The third-order valence-corrected chi connectivity index (χ3v) is 4.44. The van der Waals surface area contributed by atoms with Gasteiger partial charge in [0.05, 0.1) is 17.3 Å². The van der Waals surface area contributed by atoms with Crippen LogP contribution in [0.3, 0.4) is 0 Å². The van der Waals surface area contributed by atoms with Crippen LogP contribution in [-0.2, 0) is 13.7 Å². The molecule has 2 rings (SSSR count). The number of rotatable bonds is 3. The Morgan fingerprint density at radius 3 is 2.71 bits per heavy atom. The van der Waals surface area contributed by atoms with Crippen molar-refractivity contribution in [3.05, 3.63) is 40.0 Å². The van der Waals surface area contributed by atoms with E-state index < -0.39 is 0 Å². The first-order valence-corrected chi connectivity index (χ1v) is 6.79. The molecule has 5 heteroatoms. The highest BCUT2D eigenvalue weighted by Gasteiger charge is 2.07. The smallest absolute Gasteiger partial charge is 0.0987 e. The molecule has 1 aromatic heterocycles. The molecule has 17 heavy (non-hydrogen) atoms. The number of aromatic nitrogens is 2. The van der Waals surface area contributed by atoms with E-state index in [-0.39, 0.29) is 6.61 Å². The molecular formula is C12H13BrN2OS. The maximum absolute atomic E-state index is 9.05. The third-order valence-electron chi connectivity index (χ3n) is 2.35. The van der Waals surface area contributed by atoms with Crippen LogP contribution < -0.4 is 0 Å². The van der Waals surface area contributed by atoms with Crippen LogP contribution in [0.1, 0.15) is 11.3 Å². The lowest BCUT2D eigenvalue weighted by molar-refractivity contribution is 0.281. The van der Waals surface area contributed by atoms with Gasteiger partial charge in [-0.3, -0.25) is 4.68 Å². The second-order valence-electron chi connectivity index (χ2n) is 3.77. The average Bonchev–Trinajstić information content (AvgIpc) is 2.60. The number of aryl methyl sites for hydroxylation is 2. The highest BCUT2D eigenvalue weighted by atomic mass is 79.9. The molecule has 0 saturated heterocycles. The summed E-state index contributed by atoms with van der Waals surface area (Å²) in [5.41, 5.74) is 1.92. The Morgan fingerprint density at radius 1 is 1.41 bits per heavy atom. The third kappa shape index (κ3) is 2.91. The van der Waals surface area contributed by atoms with Gasteiger partial charge in [0.1, 0.15) is 0 Å². The molecule has 0 aliphatic rings. The van der Waals surface area contributed by atoms with Gasteiger partial charge in [0.25, 0.3) is 0 Å². The van der Waals surface area contributed by atoms with E-state index in [9.17, 15) is 0 Å². The van der Waals surface area contributed by atoms with Crippen LogP contribution in [-0.4, -0.2) is 14.9 Å². The zero-order chi connectivity index (χ0) is 12.4. The Bertz CT molecular complexity index is 539. The number of hydrogen-bond acceptors (Lipinski definition) is 3. The number of aliphatic hydroxyl groups is 1. The van der Waals surface area contributed by atoms with Crippen molar-refractivity contribution < 1.29 is 5.11 Å². The van der Waals surface area contributed by atoms with Gasteiger partial charge in [-0.15, -0.1) is 0 Å². The van der Waals surface area contributed by atoms with Crippen LogP contribution >= 0.6 is 27.7 Å². The van der Waals surface area contributed by atoms with E-state index in [4.69, 9.17) is 5.11 Å². The lowest BCUT2D eigenvalue weighted by atomic mass is 10.2. The summed E-state index contributed by atoms with van der Waals surface area (Å²) < 4.78 is 2.86. The number of aliphatic hydroxyl groups excluding tert-OH is 1. The molecule has 0 unspecified atom stereocenters. The van der Waals surface area contributed by atoms with Crippen molar-refractivity contribution >= 4 is 27.7 Å². The van der Waals surface area contributed by atoms with Gasteiger partial charge in [0.2, 0.25) is 0 Å². The number of benzene rings is 1. The van der Waals surface area contributed by atoms with Gasteiger partial charge in [-0.2, -0.15) is 5.10 Å². The zero-order valence-corrected chi connectivity index (χ0v) is 12.0. The predicted molar refractivity (Wildman–Crippen MR) is 72.1 cm³/mol. The van der Waals surface area contributed by atoms with Gasteiger partial charge in [0.15, 0.2) is 0 Å². The molecule has 90 valence electrons. The van der Waals surface area contributed by atoms with Gasteiger partial charge in [-0.1, -0.05) is 17.8 Å². The van der Waals surface area contributed by atoms with Gasteiger partial charge < -0.3 is 5.11 Å². The Hall–Kier alpha value is -0.780. The molecule has 0 saturated carbocycles. The quantitative estimate of drug-likeness (QED) is 0.946. The van der Waals surface area contributed by atoms with Crippen molar-refractivity contribution in [3.63, 3.8) is 0 Å². The van der Waals surface area contributed by atoms with Gasteiger partial charge >= 0.3 is 0 Å². The molecule has 0 spiro atoms. The standard InChI is InChI=1S/C12H13BrN2OS/c1-8-5-12(15(2)14-8)17-11-4-3-9(7-16)6-10(11)13/h3-6,16H,7H2,1-2H3. The molecule has 0 fully saturated rings.